The average Bonchev–Trinajstić information content (AvgIpc) is 2.87. The first-order chi connectivity index (χ1) is 17.2. The second kappa shape index (κ2) is 14.5. The van der Waals surface area contributed by atoms with E-state index in [2.05, 4.69) is 0 Å². The van der Waals surface area contributed by atoms with E-state index >= 15 is 0 Å². The van der Waals surface area contributed by atoms with E-state index in [4.69, 9.17) is 30.4 Å². The Labute approximate surface area is 214 Å². The molecule has 3 atom stereocenters. The van der Waals surface area contributed by atoms with Crippen LogP contribution in [-0.4, -0.2) is 31.8 Å². The van der Waals surface area contributed by atoms with Gasteiger partial charge in [0.05, 0.1) is 25.7 Å². The van der Waals surface area contributed by atoms with E-state index in [1.165, 1.54) is 0 Å². The Bertz CT molecular complexity index is 982. The lowest BCUT2D eigenvalue weighted by molar-refractivity contribution is -0.168. The third kappa shape index (κ3) is 8.84. The zero-order valence-corrected chi connectivity index (χ0v) is 21.8. The summed E-state index contributed by atoms with van der Waals surface area (Å²) in [4.78, 5) is 24.7. The molecule has 0 aliphatic rings. The van der Waals surface area contributed by atoms with E-state index in [-0.39, 0.29) is 31.5 Å². The summed E-state index contributed by atoms with van der Waals surface area (Å²) >= 11 is 0. The molecule has 2 rings (SSSR count). The van der Waals surface area contributed by atoms with Crippen molar-refractivity contribution in [3.05, 3.63) is 59.7 Å². The second-order valence-corrected chi connectivity index (χ2v) is 8.69. The van der Waals surface area contributed by atoms with Gasteiger partial charge in [-0.25, -0.2) is 0 Å². The summed E-state index contributed by atoms with van der Waals surface area (Å²) in [6.07, 6.45) is 1.45. The third-order valence-electron chi connectivity index (χ3n) is 5.85. The van der Waals surface area contributed by atoms with Crippen molar-refractivity contribution in [2.45, 2.75) is 65.1 Å². The predicted molar refractivity (Wildman–Crippen MR) is 138 cm³/mol. The lowest BCUT2D eigenvalue weighted by Crippen LogP contribution is -2.44. The standard InChI is InChI=1S/C28H40N2O6/c1-5-26(31)35-17-16-28(30,22-11-9-13-24(19-22)34-7-3)36-27(32)20(4)14-15-25(29)21-10-8-12-23(18-21)33-6-2/h8-13,18-20,25H,5-7,14-17,29-30H2,1-4H3. The topological polar surface area (TPSA) is 123 Å². The van der Waals surface area contributed by atoms with Crippen molar-refractivity contribution in [3.8, 4) is 11.5 Å². The molecule has 8 heteroatoms. The molecule has 0 aromatic heterocycles. The maximum Gasteiger partial charge on any atom is 0.310 e. The predicted octanol–water partition coefficient (Wildman–Crippen LogP) is 4.60. The first-order valence-electron chi connectivity index (χ1n) is 12.6. The summed E-state index contributed by atoms with van der Waals surface area (Å²) in [5, 5.41) is 0. The van der Waals surface area contributed by atoms with Crippen molar-refractivity contribution in [2.24, 2.45) is 17.4 Å². The highest BCUT2D eigenvalue weighted by Crippen LogP contribution is 2.30. The van der Waals surface area contributed by atoms with Crippen LogP contribution >= 0.6 is 0 Å². The molecule has 36 heavy (non-hydrogen) atoms. The highest BCUT2D eigenvalue weighted by atomic mass is 16.6. The Morgan fingerprint density at radius 1 is 0.944 bits per heavy atom. The van der Waals surface area contributed by atoms with Crippen molar-refractivity contribution in [1.29, 1.82) is 0 Å². The summed E-state index contributed by atoms with van der Waals surface area (Å²) in [7, 11) is 0. The molecule has 0 heterocycles. The molecule has 0 aliphatic heterocycles. The molecule has 3 unspecified atom stereocenters. The average molecular weight is 501 g/mol. The number of rotatable bonds is 15. The summed E-state index contributed by atoms with van der Waals surface area (Å²) in [5.74, 6) is 0.143. The minimum absolute atomic E-state index is 0.0186. The Hall–Kier alpha value is -3.10. The van der Waals surface area contributed by atoms with Gasteiger partial charge >= 0.3 is 11.9 Å². The molecular formula is C28H40N2O6. The van der Waals surface area contributed by atoms with Gasteiger partial charge in [0.25, 0.3) is 0 Å². The Morgan fingerprint density at radius 3 is 2.22 bits per heavy atom. The number of carbonyl (C=O) groups excluding carboxylic acids is 2. The molecule has 0 fully saturated rings. The Morgan fingerprint density at radius 2 is 1.58 bits per heavy atom. The molecule has 0 amide bonds. The first-order valence-corrected chi connectivity index (χ1v) is 12.6. The molecule has 198 valence electrons. The first kappa shape index (κ1) is 29.1. The van der Waals surface area contributed by atoms with E-state index in [0.29, 0.717) is 37.4 Å². The van der Waals surface area contributed by atoms with Crippen LogP contribution in [0.2, 0.25) is 0 Å². The van der Waals surface area contributed by atoms with Crippen molar-refractivity contribution >= 4 is 11.9 Å². The van der Waals surface area contributed by atoms with Gasteiger partial charge in [0, 0.05) is 24.4 Å². The summed E-state index contributed by atoms with van der Waals surface area (Å²) in [5.41, 5.74) is 13.0. The van der Waals surface area contributed by atoms with Gasteiger partial charge in [-0.1, -0.05) is 38.1 Å². The normalized spacial score (nSPS) is 14.3. The van der Waals surface area contributed by atoms with E-state index in [0.717, 1.165) is 11.3 Å². The zero-order chi connectivity index (χ0) is 26.6. The SMILES string of the molecule is CCOc1cccc(C(N)CCC(C)C(=O)OC(N)(CCOC(=O)CC)c2cccc(OCC)c2)c1. The summed E-state index contributed by atoms with van der Waals surface area (Å²) < 4.78 is 22.2. The molecule has 2 aromatic carbocycles. The van der Waals surface area contributed by atoms with Gasteiger partial charge in [-0.05, 0) is 56.5 Å². The van der Waals surface area contributed by atoms with Gasteiger partial charge in [-0.2, -0.15) is 0 Å². The van der Waals surface area contributed by atoms with Crippen LogP contribution in [0.15, 0.2) is 48.5 Å². The quantitative estimate of drug-likeness (QED) is 0.269. The number of nitrogens with two attached hydrogens (primary N) is 2. The highest BCUT2D eigenvalue weighted by Gasteiger charge is 2.34. The van der Waals surface area contributed by atoms with Crippen LogP contribution in [-0.2, 0) is 24.8 Å². The minimum atomic E-state index is -1.49. The van der Waals surface area contributed by atoms with Crippen LogP contribution in [0, 0.1) is 5.92 Å². The van der Waals surface area contributed by atoms with Gasteiger partial charge in [-0.15, -0.1) is 0 Å². The maximum atomic E-state index is 13.1. The van der Waals surface area contributed by atoms with Gasteiger partial charge in [0.15, 0.2) is 5.72 Å². The van der Waals surface area contributed by atoms with Crippen LogP contribution in [0.1, 0.15) is 70.5 Å². The maximum absolute atomic E-state index is 13.1. The smallest absolute Gasteiger partial charge is 0.310 e. The van der Waals surface area contributed by atoms with Crippen LogP contribution < -0.4 is 20.9 Å². The molecule has 0 aliphatic carbocycles. The monoisotopic (exact) mass is 500 g/mol. The molecule has 0 saturated carbocycles. The van der Waals surface area contributed by atoms with Crippen molar-refractivity contribution in [1.82, 2.24) is 0 Å². The Kier molecular flexibility index (Phi) is 11.7. The molecule has 4 N–H and O–H groups in total. The fraction of sp³-hybridized carbons (Fsp3) is 0.500. The molecule has 0 saturated heterocycles. The molecule has 2 aromatic rings. The molecule has 8 nitrogen and oxygen atoms in total. The second-order valence-electron chi connectivity index (χ2n) is 8.69. The molecule has 0 spiro atoms. The van der Waals surface area contributed by atoms with E-state index < -0.39 is 17.6 Å². The fourth-order valence-electron chi connectivity index (χ4n) is 3.68. The minimum Gasteiger partial charge on any atom is -0.494 e. The number of hydrogen-bond donors (Lipinski definition) is 2. The molecular weight excluding hydrogens is 460 g/mol. The number of esters is 2. The number of carbonyl (C=O) groups is 2. The van der Waals surface area contributed by atoms with Crippen molar-refractivity contribution in [3.63, 3.8) is 0 Å². The van der Waals surface area contributed by atoms with Crippen LogP contribution in [0.25, 0.3) is 0 Å². The van der Waals surface area contributed by atoms with Crippen LogP contribution in [0.4, 0.5) is 0 Å². The van der Waals surface area contributed by atoms with Gasteiger partial charge in [-0.3, -0.25) is 15.3 Å². The van der Waals surface area contributed by atoms with Gasteiger partial charge in [0.2, 0.25) is 0 Å². The molecule has 0 radical (unpaired) electrons. The lowest BCUT2D eigenvalue weighted by atomic mass is 9.96. The zero-order valence-electron chi connectivity index (χ0n) is 21.8. The van der Waals surface area contributed by atoms with Crippen molar-refractivity contribution in [2.75, 3.05) is 19.8 Å². The Balaban J connectivity index is 2.08. The number of benzene rings is 2. The third-order valence-corrected chi connectivity index (χ3v) is 5.85. The number of ether oxygens (including phenoxy) is 4. The van der Waals surface area contributed by atoms with Crippen molar-refractivity contribution < 1.29 is 28.5 Å². The van der Waals surface area contributed by atoms with Gasteiger partial charge in [0.1, 0.15) is 11.5 Å². The summed E-state index contributed by atoms with van der Waals surface area (Å²) in [6, 6.07) is 14.5. The largest absolute Gasteiger partial charge is 0.494 e. The number of hydrogen-bond acceptors (Lipinski definition) is 8. The van der Waals surface area contributed by atoms with E-state index in [1.54, 1.807) is 38.1 Å². The lowest BCUT2D eigenvalue weighted by Gasteiger charge is -2.31. The highest BCUT2D eigenvalue weighted by molar-refractivity contribution is 5.72. The van der Waals surface area contributed by atoms with Crippen LogP contribution in [0.5, 0.6) is 11.5 Å². The fourth-order valence-corrected chi connectivity index (χ4v) is 3.68. The summed E-state index contributed by atoms with van der Waals surface area (Å²) in [6.45, 7) is 8.39. The van der Waals surface area contributed by atoms with E-state index in [9.17, 15) is 9.59 Å². The van der Waals surface area contributed by atoms with Crippen LogP contribution in [0.3, 0.4) is 0 Å². The van der Waals surface area contributed by atoms with Gasteiger partial charge < -0.3 is 24.7 Å². The van der Waals surface area contributed by atoms with E-state index in [1.807, 2.05) is 38.1 Å². The molecule has 0 bridgehead atoms.